The van der Waals surface area contributed by atoms with Crippen LogP contribution in [0.5, 0.6) is 11.5 Å². The molecule has 9 heteroatoms. The maximum absolute atomic E-state index is 12.7. The third kappa shape index (κ3) is 4.50. The lowest BCUT2D eigenvalue weighted by Crippen LogP contribution is -2.36. The van der Waals surface area contributed by atoms with Gasteiger partial charge < -0.3 is 14.4 Å². The van der Waals surface area contributed by atoms with Crippen LogP contribution in [0.2, 0.25) is 5.15 Å². The number of amides is 1. The number of ether oxygens (including phenoxy) is 2. The zero-order chi connectivity index (χ0) is 22.9. The minimum atomic E-state index is 0.00359. The van der Waals surface area contributed by atoms with Gasteiger partial charge in [-0.05, 0) is 44.0 Å². The predicted molar refractivity (Wildman–Crippen MR) is 129 cm³/mol. The van der Waals surface area contributed by atoms with Crippen LogP contribution in [-0.4, -0.2) is 51.9 Å². The van der Waals surface area contributed by atoms with Gasteiger partial charge in [-0.2, -0.15) is 5.10 Å². The first kappa shape index (κ1) is 22.0. The Hall–Kier alpha value is -2.84. The summed E-state index contributed by atoms with van der Waals surface area (Å²) in [6.07, 6.45) is 5.17. The third-order valence-corrected chi connectivity index (χ3v) is 7.56. The second-order valence-corrected chi connectivity index (χ2v) is 9.52. The molecule has 4 heterocycles. The zero-order valence-corrected chi connectivity index (χ0v) is 20.2. The molecule has 0 atom stereocenters. The normalized spacial score (nSPS) is 16.5. The summed E-state index contributed by atoms with van der Waals surface area (Å²) in [5.74, 6) is 1.93. The molecule has 1 amide bonds. The van der Waals surface area contributed by atoms with Crippen molar-refractivity contribution in [1.29, 1.82) is 0 Å². The Labute approximate surface area is 201 Å². The molecule has 2 aliphatic rings. The van der Waals surface area contributed by atoms with Gasteiger partial charge in [0.2, 0.25) is 5.91 Å². The highest BCUT2D eigenvalue weighted by atomic mass is 35.5. The minimum Gasteiger partial charge on any atom is -0.486 e. The van der Waals surface area contributed by atoms with Crippen LogP contribution in [0.25, 0.3) is 17.3 Å². The molecule has 1 fully saturated rings. The monoisotopic (exact) mass is 484 g/mol. The van der Waals surface area contributed by atoms with Gasteiger partial charge in [-0.15, -0.1) is 11.3 Å². The highest BCUT2D eigenvalue weighted by molar-refractivity contribution is 7.10. The van der Waals surface area contributed by atoms with Crippen molar-refractivity contribution in [1.82, 2.24) is 19.7 Å². The summed E-state index contributed by atoms with van der Waals surface area (Å²) < 4.78 is 12.9. The highest BCUT2D eigenvalue weighted by Crippen LogP contribution is 2.37. The number of aromatic nitrogens is 3. The molecule has 0 radical (unpaired) electrons. The van der Waals surface area contributed by atoms with Crippen molar-refractivity contribution >= 4 is 34.9 Å². The van der Waals surface area contributed by atoms with Crippen LogP contribution >= 0.6 is 22.9 Å². The molecule has 2 aliphatic heterocycles. The number of benzene rings is 1. The van der Waals surface area contributed by atoms with Gasteiger partial charge in [0.1, 0.15) is 18.4 Å². The third-order valence-electron chi connectivity index (χ3n) is 6.10. The van der Waals surface area contributed by atoms with Gasteiger partial charge >= 0.3 is 0 Å². The lowest BCUT2D eigenvalue weighted by Gasteiger charge is -2.30. The van der Waals surface area contributed by atoms with E-state index in [4.69, 9.17) is 26.1 Å². The number of aryl methyl sites for hydroxylation is 2. The summed E-state index contributed by atoms with van der Waals surface area (Å²) in [6.45, 7) is 4.47. The van der Waals surface area contributed by atoms with Crippen molar-refractivity contribution in [2.45, 2.75) is 25.7 Å². The molecule has 0 N–H and O–H groups in total. The molecule has 7 nitrogen and oxygen atoms in total. The molecule has 1 aromatic carbocycles. The number of carbonyl (C=O) groups excluding carboxylic acids is 1. The van der Waals surface area contributed by atoms with Gasteiger partial charge in [0.25, 0.3) is 0 Å². The Morgan fingerprint density at radius 2 is 1.97 bits per heavy atom. The fraction of sp³-hybridized carbons (Fsp3) is 0.375. The Bertz CT molecular complexity index is 1210. The number of hydrogen-bond acceptors (Lipinski definition) is 6. The van der Waals surface area contributed by atoms with Crippen molar-refractivity contribution in [3.05, 3.63) is 51.1 Å². The number of rotatable bonds is 4. The number of likely N-dealkylation sites (tertiary alicyclic amines) is 1. The molecular formula is C24H25ClN4O3S. The molecule has 2 aromatic heterocycles. The van der Waals surface area contributed by atoms with Crippen LogP contribution in [-0.2, 0) is 11.8 Å². The maximum Gasteiger partial charge on any atom is 0.246 e. The van der Waals surface area contributed by atoms with E-state index in [0.29, 0.717) is 37.4 Å². The average Bonchev–Trinajstić information content (AvgIpc) is 3.42. The Morgan fingerprint density at radius 3 is 2.70 bits per heavy atom. The molecule has 5 rings (SSSR count). The summed E-state index contributed by atoms with van der Waals surface area (Å²) in [4.78, 5) is 19.5. The second kappa shape index (κ2) is 9.19. The van der Waals surface area contributed by atoms with E-state index in [9.17, 15) is 4.79 Å². The van der Waals surface area contributed by atoms with E-state index in [0.717, 1.165) is 51.9 Å². The Kier molecular flexibility index (Phi) is 6.12. The van der Waals surface area contributed by atoms with E-state index in [1.54, 1.807) is 35.2 Å². The molecule has 0 spiro atoms. The van der Waals surface area contributed by atoms with E-state index in [1.807, 2.05) is 30.0 Å². The van der Waals surface area contributed by atoms with Gasteiger partial charge in [-0.3, -0.25) is 9.48 Å². The number of carbonyl (C=O) groups is 1. The SMILES string of the molecule is Cc1nn(C)c(Cl)c1/C=C/C(=O)N1CCC(c2nc(-c3ccc4c(c3)OCCO4)cs2)CC1. The molecule has 0 unspecified atom stereocenters. The van der Waals surface area contributed by atoms with Crippen LogP contribution in [0.3, 0.4) is 0 Å². The molecule has 0 aliphatic carbocycles. The van der Waals surface area contributed by atoms with E-state index >= 15 is 0 Å². The summed E-state index contributed by atoms with van der Waals surface area (Å²) >= 11 is 7.94. The van der Waals surface area contributed by atoms with Gasteiger partial charge in [-0.1, -0.05) is 11.6 Å². The molecule has 3 aromatic rings. The molecule has 0 bridgehead atoms. The number of piperidine rings is 1. The quantitative estimate of drug-likeness (QED) is 0.502. The smallest absolute Gasteiger partial charge is 0.246 e. The Balaban J connectivity index is 1.21. The van der Waals surface area contributed by atoms with Crippen molar-refractivity contribution < 1.29 is 14.3 Å². The summed E-state index contributed by atoms with van der Waals surface area (Å²) in [5.41, 5.74) is 3.58. The zero-order valence-electron chi connectivity index (χ0n) is 18.6. The van der Waals surface area contributed by atoms with E-state index in [2.05, 4.69) is 10.5 Å². The van der Waals surface area contributed by atoms with Gasteiger partial charge in [0.15, 0.2) is 11.5 Å². The van der Waals surface area contributed by atoms with Crippen LogP contribution in [0.4, 0.5) is 0 Å². The second-order valence-electron chi connectivity index (χ2n) is 8.28. The predicted octanol–water partition coefficient (Wildman–Crippen LogP) is 4.70. The first-order chi connectivity index (χ1) is 16.0. The summed E-state index contributed by atoms with van der Waals surface area (Å²) in [7, 11) is 1.79. The fourth-order valence-corrected chi connectivity index (χ4v) is 5.49. The standard InChI is InChI=1S/C24H25ClN4O3S/c1-15-18(23(25)28(2)27-15)4-6-22(30)29-9-7-16(8-10-29)24-26-19(14-33-24)17-3-5-20-21(13-17)32-12-11-31-20/h3-6,13-14,16H,7-12H2,1-2H3/b6-4+. The van der Waals surface area contributed by atoms with Crippen LogP contribution in [0, 0.1) is 6.92 Å². The maximum atomic E-state index is 12.7. The van der Waals surface area contributed by atoms with Crippen LogP contribution in [0.1, 0.15) is 35.0 Å². The number of nitrogens with zero attached hydrogens (tertiary/aromatic N) is 4. The topological polar surface area (TPSA) is 69.5 Å². The van der Waals surface area contributed by atoms with Crippen molar-refractivity contribution in [2.24, 2.45) is 7.05 Å². The van der Waals surface area contributed by atoms with Gasteiger partial charge in [-0.25, -0.2) is 4.98 Å². The largest absolute Gasteiger partial charge is 0.486 e. The number of hydrogen-bond donors (Lipinski definition) is 0. The number of halogens is 1. The van der Waals surface area contributed by atoms with E-state index in [1.165, 1.54) is 0 Å². The minimum absolute atomic E-state index is 0.00359. The van der Waals surface area contributed by atoms with E-state index in [-0.39, 0.29) is 5.91 Å². The Morgan fingerprint density at radius 1 is 1.21 bits per heavy atom. The van der Waals surface area contributed by atoms with Gasteiger partial charge in [0, 0.05) is 48.6 Å². The molecule has 1 saturated heterocycles. The molecule has 0 saturated carbocycles. The summed E-state index contributed by atoms with van der Waals surface area (Å²) in [5, 5.41) is 8.04. The average molecular weight is 485 g/mol. The molecule has 33 heavy (non-hydrogen) atoms. The van der Waals surface area contributed by atoms with Crippen molar-refractivity contribution in [3.8, 4) is 22.8 Å². The van der Waals surface area contributed by atoms with Crippen LogP contribution < -0.4 is 9.47 Å². The van der Waals surface area contributed by atoms with Gasteiger partial charge in [0.05, 0.1) is 16.4 Å². The first-order valence-corrected chi connectivity index (χ1v) is 12.3. The first-order valence-electron chi connectivity index (χ1n) is 11.0. The van der Waals surface area contributed by atoms with Crippen LogP contribution in [0.15, 0.2) is 29.7 Å². The highest BCUT2D eigenvalue weighted by Gasteiger charge is 2.25. The van der Waals surface area contributed by atoms with E-state index < -0.39 is 0 Å². The number of thiazole rings is 1. The lowest BCUT2D eigenvalue weighted by atomic mass is 9.97. The summed E-state index contributed by atoms with van der Waals surface area (Å²) in [6, 6.07) is 5.97. The lowest BCUT2D eigenvalue weighted by molar-refractivity contribution is -0.126. The van der Waals surface area contributed by atoms with Crippen molar-refractivity contribution in [3.63, 3.8) is 0 Å². The number of fused-ring (bicyclic) bond motifs is 1. The molecular weight excluding hydrogens is 460 g/mol. The van der Waals surface area contributed by atoms with Crippen molar-refractivity contribution in [2.75, 3.05) is 26.3 Å². The molecule has 172 valence electrons. The fourth-order valence-electron chi connectivity index (χ4n) is 4.25.